The number of nitrogens with one attached hydrogen (secondary N) is 1. The number of hydrogen-bond acceptors (Lipinski definition) is 2. The van der Waals surface area contributed by atoms with Crippen molar-refractivity contribution in [3.05, 3.63) is 0 Å². The summed E-state index contributed by atoms with van der Waals surface area (Å²) in [6, 6.07) is 0. The molecular weight excluding hydrogens is 88.1 g/mol. The summed E-state index contributed by atoms with van der Waals surface area (Å²) in [7, 11) is 0. The highest BCUT2D eigenvalue weighted by atomic mass is 14.5. The first kappa shape index (κ1) is 6.63. The molecule has 42 valence electrons. The van der Waals surface area contributed by atoms with Gasteiger partial charge in [-0.25, -0.2) is 0 Å². The van der Waals surface area contributed by atoms with Crippen LogP contribution in [0, 0.1) is 11.3 Å². The van der Waals surface area contributed by atoms with Crippen molar-refractivity contribution in [2.75, 3.05) is 6.54 Å². The van der Waals surface area contributed by atoms with Crippen LogP contribution in [0.4, 0.5) is 0 Å². The molecular formula is C5H12N2. The minimum absolute atomic E-state index is 0.484. The maximum atomic E-state index is 6.66. The first-order valence-corrected chi connectivity index (χ1v) is 2.50. The fourth-order valence-corrected chi connectivity index (χ4v) is 0.297. The Hall–Kier alpha value is -0.370. The SMILES string of the molecule is C[C@@H](CN)CC=N. The largest absolute Gasteiger partial charge is 0.330 e. The third-order valence-corrected chi connectivity index (χ3v) is 0.923. The van der Waals surface area contributed by atoms with Gasteiger partial charge in [0.1, 0.15) is 0 Å². The molecule has 0 aromatic rings. The van der Waals surface area contributed by atoms with E-state index in [1.165, 1.54) is 6.21 Å². The minimum Gasteiger partial charge on any atom is -0.330 e. The summed E-state index contributed by atoms with van der Waals surface area (Å²) >= 11 is 0. The highest BCUT2D eigenvalue weighted by Gasteiger charge is 1.91. The molecule has 0 radical (unpaired) electrons. The molecule has 0 aliphatic heterocycles. The molecule has 2 nitrogen and oxygen atoms in total. The van der Waals surface area contributed by atoms with Crippen LogP contribution in [0.3, 0.4) is 0 Å². The monoisotopic (exact) mass is 100 g/mol. The Morgan fingerprint density at radius 1 is 1.86 bits per heavy atom. The van der Waals surface area contributed by atoms with Crippen molar-refractivity contribution in [2.45, 2.75) is 13.3 Å². The molecule has 7 heavy (non-hydrogen) atoms. The van der Waals surface area contributed by atoms with Crippen LogP contribution in [-0.4, -0.2) is 12.8 Å². The molecule has 0 heterocycles. The summed E-state index contributed by atoms with van der Waals surface area (Å²) in [6.45, 7) is 2.72. The van der Waals surface area contributed by atoms with E-state index < -0.39 is 0 Å². The van der Waals surface area contributed by atoms with E-state index in [2.05, 4.69) is 0 Å². The Morgan fingerprint density at radius 3 is 2.57 bits per heavy atom. The molecule has 0 aliphatic rings. The lowest BCUT2D eigenvalue weighted by Crippen LogP contribution is -2.10. The van der Waals surface area contributed by atoms with Crippen molar-refractivity contribution >= 4 is 6.21 Å². The second-order valence-corrected chi connectivity index (χ2v) is 1.78. The molecule has 0 spiro atoms. The van der Waals surface area contributed by atoms with Crippen LogP contribution in [0.15, 0.2) is 0 Å². The van der Waals surface area contributed by atoms with Gasteiger partial charge in [-0.2, -0.15) is 0 Å². The molecule has 0 aromatic carbocycles. The van der Waals surface area contributed by atoms with Gasteiger partial charge in [-0.05, 0) is 25.1 Å². The van der Waals surface area contributed by atoms with E-state index in [4.69, 9.17) is 11.1 Å². The summed E-state index contributed by atoms with van der Waals surface area (Å²) in [4.78, 5) is 0. The zero-order valence-electron chi connectivity index (χ0n) is 4.65. The highest BCUT2D eigenvalue weighted by Crippen LogP contribution is 1.92. The van der Waals surface area contributed by atoms with Crippen LogP contribution >= 0.6 is 0 Å². The molecule has 0 amide bonds. The first-order valence-electron chi connectivity index (χ1n) is 2.50. The van der Waals surface area contributed by atoms with Crippen LogP contribution in [0.25, 0.3) is 0 Å². The average Bonchev–Trinajstić information content (AvgIpc) is 1.68. The standard InChI is InChI=1S/C5H12N2/c1-5(4-7)2-3-6/h3,5-6H,2,4,7H2,1H3/t5-/m1/s1. The predicted molar refractivity (Wildman–Crippen MR) is 31.6 cm³/mol. The lowest BCUT2D eigenvalue weighted by atomic mass is 10.1. The van der Waals surface area contributed by atoms with E-state index >= 15 is 0 Å². The fraction of sp³-hybridized carbons (Fsp3) is 0.800. The summed E-state index contributed by atoms with van der Waals surface area (Å²) in [5.41, 5.74) is 5.25. The number of hydrogen-bond donors (Lipinski definition) is 2. The van der Waals surface area contributed by atoms with E-state index in [9.17, 15) is 0 Å². The van der Waals surface area contributed by atoms with Gasteiger partial charge in [0.2, 0.25) is 0 Å². The van der Waals surface area contributed by atoms with Crippen LogP contribution in [0.1, 0.15) is 13.3 Å². The Morgan fingerprint density at radius 2 is 2.43 bits per heavy atom. The maximum Gasteiger partial charge on any atom is -0.00446 e. The van der Waals surface area contributed by atoms with Crippen molar-refractivity contribution < 1.29 is 0 Å². The summed E-state index contributed by atoms with van der Waals surface area (Å²) in [5, 5.41) is 6.66. The zero-order chi connectivity index (χ0) is 5.70. The van der Waals surface area contributed by atoms with Crippen LogP contribution < -0.4 is 5.73 Å². The maximum absolute atomic E-state index is 6.66. The molecule has 0 saturated heterocycles. The van der Waals surface area contributed by atoms with Crippen LogP contribution in [-0.2, 0) is 0 Å². The molecule has 0 aromatic heterocycles. The minimum atomic E-state index is 0.484. The van der Waals surface area contributed by atoms with Crippen molar-refractivity contribution in [1.29, 1.82) is 5.41 Å². The van der Waals surface area contributed by atoms with Crippen molar-refractivity contribution in [3.63, 3.8) is 0 Å². The number of rotatable bonds is 3. The summed E-state index contributed by atoms with van der Waals surface area (Å²) in [5.74, 6) is 0.484. The molecule has 1 atom stereocenters. The van der Waals surface area contributed by atoms with Gasteiger partial charge >= 0.3 is 0 Å². The second kappa shape index (κ2) is 3.81. The molecule has 0 fully saturated rings. The number of nitrogens with two attached hydrogens (primary N) is 1. The highest BCUT2D eigenvalue weighted by molar-refractivity contribution is 5.53. The van der Waals surface area contributed by atoms with Gasteiger partial charge in [0, 0.05) is 0 Å². The smallest absolute Gasteiger partial charge is 0.00446 e. The molecule has 0 rings (SSSR count). The molecule has 0 saturated carbocycles. The van der Waals surface area contributed by atoms with Gasteiger partial charge in [-0.1, -0.05) is 6.92 Å². The van der Waals surface area contributed by atoms with Gasteiger partial charge in [0.25, 0.3) is 0 Å². The van der Waals surface area contributed by atoms with Gasteiger partial charge in [-0.15, -0.1) is 0 Å². The normalized spacial score (nSPS) is 13.4. The van der Waals surface area contributed by atoms with E-state index in [-0.39, 0.29) is 0 Å². The van der Waals surface area contributed by atoms with Crippen LogP contribution in [0.2, 0.25) is 0 Å². The van der Waals surface area contributed by atoms with Crippen molar-refractivity contribution in [3.8, 4) is 0 Å². The van der Waals surface area contributed by atoms with Gasteiger partial charge in [0.05, 0.1) is 0 Å². The lowest BCUT2D eigenvalue weighted by Gasteiger charge is -1.99. The topological polar surface area (TPSA) is 49.9 Å². The Bertz CT molecular complexity index is 52.0. The molecule has 0 aliphatic carbocycles. The Kier molecular flexibility index (Phi) is 3.61. The van der Waals surface area contributed by atoms with E-state index in [0.717, 1.165) is 6.42 Å². The van der Waals surface area contributed by atoms with Gasteiger partial charge in [0.15, 0.2) is 0 Å². The van der Waals surface area contributed by atoms with E-state index in [1.54, 1.807) is 0 Å². The summed E-state index contributed by atoms with van der Waals surface area (Å²) < 4.78 is 0. The Balaban J connectivity index is 2.98. The van der Waals surface area contributed by atoms with E-state index in [1.807, 2.05) is 6.92 Å². The first-order chi connectivity index (χ1) is 3.31. The summed E-state index contributed by atoms with van der Waals surface area (Å²) in [6.07, 6.45) is 2.22. The van der Waals surface area contributed by atoms with Gasteiger partial charge in [-0.3, -0.25) is 0 Å². The molecule has 0 bridgehead atoms. The predicted octanol–water partition coefficient (Wildman–Crippen LogP) is 0.621. The molecule has 2 heteroatoms. The molecule has 3 N–H and O–H groups in total. The van der Waals surface area contributed by atoms with Gasteiger partial charge < -0.3 is 11.1 Å². The van der Waals surface area contributed by atoms with Crippen molar-refractivity contribution in [1.82, 2.24) is 0 Å². The van der Waals surface area contributed by atoms with Crippen LogP contribution in [0.5, 0.6) is 0 Å². The quantitative estimate of drug-likeness (QED) is 0.502. The average molecular weight is 100 g/mol. The fourth-order valence-electron chi connectivity index (χ4n) is 0.297. The lowest BCUT2D eigenvalue weighted by molar-refractivity contribution is 0.626. The van der Waals surface area contributed by atoms with Crippen molar-refractivity contribution in [2.24, 2.45) is 11.7 Å². The molecule has 0 unspecified atom stereocenters. The third kappa shape index (κ3) is 3.46. The Labute approximate surface area is 44.2 Å². The zero-order valence-corrected chi connectivity index (χ0v) is 4.65. The third-order valence-electron chi connectivity index (χ3n) is 0.923. The second-order valence-electron chi connectivity index (χ2n) is 1.78. The van der Waals surface area contributed by atoms with E-state index in [0.29, 0.717) is 12.5 Å².